The summed E-state index contributed by atoms with van der Waals surface area (Å²) in [5.41, 5.74) is 2.79. The highest BCUT2D eigenvalue weighted by Crippen LogP contribution is 2.18. The lowest BCUT2D eigenvalue weighted by Gasteiger charge is -2.19. The van der Waals surface area contributed by atoms with Gasteiger partial charge in [-0.3, -0.25) is 9.36 Å². The fraction of sp³-hybridized carbons (Fsp3) is 0.300. The molecule has 4 heteroatoms. The Labute approximate surface area is 142 Å². The van der Waals surface area contributed by atoms with Crippen molar-refractivity contribution in [2.45, 2.75) is 33.2 Å². The third-order valence-corrected chi connectivity index (χ3v) is 4.35. The smallest absolute Gasteiger partial charge is 0.266 e. The number of rotatable bonds is 5. The monoisotopic (exact) mass is 322 g/mol. The molecule has 3 aromatic rings. The van der Waals surface area contributed by atoms with E-state index in [4.69, 9.17) is 4.98 Å². The molecule has 2 N–H and O–H groups in total. The van der Waals surface area contributed by atoms with Gasteiger partial charge in [-0.1, -0.05) is 31.2 Å². The van der Waals surface area contributed by atoms with Crippen LogP contribution in [-0.2, 0) is 0 Å². The number of aromatic nitrogens is 2. The number of hydrogen-bond donors (Lipinski definition) is 1. The second-order valence-corrected chi connectivity index (χ2v) is 6.13. The predicted octanol–water partition coefficient (Wildman–Crippen LogP) is 2.73. The minimum atomic E-state index is 0.00385. The molecule has 0 spiro atoms. The van der Waals surface area contributed by atoms with Crippen LogP contribution in [0.25, 0.3) is 16.6 Å². The summed E-state index contributed by atoms with van der Waals surface area (Å²) in [5.74, 6) is 0.827. The predicted molar refractivity (Wildman–Crippen MR) is 97.6 cm³/mol. The topological polar surface area (TPSA) is 51.5 Å². The summed E-state index contributed by atoms with van der Waals surface area (Å²) in [6, 6.07) is 15.8. The Hall–Kier alpha value is -2.46. The number of fused-ring (bicyclic) bond motifs is 1. The van der Waals surface area contributed by atoms with Gasteiger partial charge in [0.25, 0.3) is 5.56 Å². The van der Waals surface area contributed by atoms with Crippen molar-refractivity contribution >= 4 is 10.9 Å². The van der Waals surface area contributed by atoms with Crippen LogP contribution in [0, 0.1) is 6.92 Å². The molecule has 0 fully saturated rings. The van der Waals surface area contributed by atoms with Crippen LogP contribution in [0.5, 0.6) is 0 Å². The van der Waals surface area contributed by atoms with Crippen molar-refractivity contribution in [3.8, 4) is 5.69 Å². The first-order valence-corrected chi connectivity index (χ1v) is 8.57. The molecule has 0 aliphatic heterocycles. The van der Waals surface area contributed by atoms with Gasteiger partial charge in [-0.05, 0) is 43.7 Å². The van der Waals surface area contributed by atoms with E-state index in [9.17, 15) is 4.79 Å². The molecule has 1 atom stereocenters. The quantitative estimate of drug-likeness (QED) is 0.785. The zero-order chi connectivity index (χ0) is 17.1. The van der Waals surface area contributed by atoms with Gasteiger partial charge in [0.15, 0.2) is 5.82 Å². The molecule has 0 bridgehead atoms. The van der Waals surface area contributed by atoms with Gasteiger partial charge < -0.3 is 5.32 Å². The van der Waals surface area contributed by atoms with Crippen molar-refractivity contribution in [1.29, 1.82) is 0 Å². The minimum Gasteiger partial charge on any atom is -0.338 e. The van der Waals surface area contributed by atoms with E-state index in [2.05, 4.69) is 19.2 Å². The molecule has 0 saturated carbocycles. The van der Waals surface area contributed by atoms with E-state index >= 15 is 0 Å². The van der Waals surface area contributed by atoms with Crippen molar-refractivity contribution in [3.63, 3.8) is 0 Å². The standard InChI is InChI=1S/C20H23N3O/c1-4-17(21-5-2)19-22-18-12-7-6-11-16(18)20(24)23(19)15-10-8-9-14(3)13-15/h6-13,17,21H,4-5H2,1-3H3/p+1/t17-/m1/s1. The van der Waals surface area contributed by atoms with E-state index in [-0.39, 0.29) is 11.6 Å². The van der Waals surface area contributed by atoms with Crippen molar-refractivity contribution in [1.82, 2.24) is 9.55 Å². The first kappa shape index (κ1) is 16.4. The summed E-state index contributed by atoms with van der Waals surface area (Å²) in [6.07, 6.45) is 0.921. The SMILES string of the molecule is CC[NH2+][C@H](CC)c1nc2ccccc2c(=O)n1-c1cccc(C)c1. The molecule has 4 nitrogen and oxygen atoms in total. The van der Waals surface area contributed by atoms with Crippen molar-refractivity contribution in [3.05, 3.63) is 70.3 Å². The van der Waals surface area contributed by atoms with Gasteiger partial charge in [0.1, 0.15) is 6.04 Å². The number of hydrogen-bond acceptors (Lipinski definition) is 2. The maximum atomic E-state index is 13.2. The molecule has 124 valence electrons. The van der Waals surface area contributed by atoms with E-state index in [0.717, 1.165) is 35.6 Å². The molecular weight excluding hydrogens is 298 g/mol. The highest BCUT2D eigenvalue weighted by molar-refractivity contribution is 5.77. The van der Waals surface area contributed by atoms with E-state index in [1.165, 1.54) is 0 Å². The Bertz CT molecular complexity index is 914. The molecule has 0 saturated heterocycles. The van der Waals surface area contributed by atoms with Gasteiger partial charge in [0.2, 0.25) is 0 Å². The molecule has 1 aromatic heterocycles. The van der Waals surface area contributed by atoms with Crippen LogP contribution < -0.4 is 10.9 Å². The summed E-state index contributed by atoms with van der Waals surface area (Å²) in [4.78, 5) is 18.1. The van der Waals surface area contributed by atoms with Gasteiger partial charge >= 0.3 is 0 Å². The Kier molecular flexibility index (Phi) is 4.76. The van der Waals surface area contributed by atoms with Crippen LogP contribution >= 0.6 is 0 Å². The fourth-order valence-electron chi connectivity index (χ4n) is 3.15. The molecule has 0 aliphatic carbocycles. The molecule has 0 amide bonds. The molecule has 2 aromatic carbocycles. The molecule has 1 heterocycles. The average Bonchev–Trinajstić information content (AvgIpc) is 2.59. The third-order valence-electron chi connectivity index (χ3n) is 4.35. The minimum absolute atomic E-state index is 0.00385. The lowest BCUT2D eigenvalue weighted by atomic mass is 10.1. The zero-order valence-electron chi connectivity index (χ0n) is 14.5. The summed E-state index contributed by atoms with van der Waals surface area (Å²) < 4.78 is 1.79. The maximum Gasteiger partial charge on any atom is 0.266 e. The van der Waals surface area contributed by atoms with Crippen LogP contribution in [0.2, 0.25) is 0 Å². The number of benzene rings is 2. The lowest BCUT2D eigenvalue weighted by Crippen LogP contribution is -2.85. The summed E-state index contributed by atoms with van der Waals surface area (Å²) in [7, 11) is 0. The van der Waals surface area contributed by atoms with Crippen LogP contribution in [0.15, 0.2) is 53.3 Å². The normalized spacial score (nSPS) is 12.5. The number of nitrogens with zero attached hydrogens (tertiary/aromatic N) is 2. The Morgan fingerprint density at radius 1 is 1.12 bits per heavy atom. The average molecular weight is 322 g/mol. The van der Waals surface area contributed by atoms with E-state index in [1.54, 1.807) is 4.57 Å². The second kappa shape index (κ2) is 6.97. The molecule has 0 aliphatic rings. The Morgan fingerprint density at radius 3 is 2.62 bits per heavy atom. The van der Waals surface area contributed by atoms with Gasteiger partial charge in [0, 0.05) is 6.42 Å². The Balaban J connectivity index is 2.35. The summed E-state index contributed by atoms with van der Waals surface area (Å²) in [6.45, 7) is 7.25. The van der Waals surface area contributed by atoms with Crippen molar-refractivity contribution in [2.75, 3.05) is 6.54 Å². The number of nitrogens with two attached hydrogens (primary N) is 1. The van der Waals surface area contributed by atoms with Gasteiger partial charge in [-0.25, -0.2) is 4.98 Å². The molecular formula is C20H24N3O+. The number of para-hydroxylation sites is 1. The van der Waals surface area contributed by atoms with Crippen molar-refractivity contribution in [2.24, 2.45) is 0 Å². The van der Waals surface area contributed by atoms with Gasteiger partial charge in [-0.2, -0.15) is 0 Å². The molecule has 24 heavy (non-hydrogen) atoms. The van der Waals surface area contributed by atoms with Crippen LogP contribution in [0.1, 0.15) is 37.7 Å². The highest BCUT2D eigenvalue weighted by Gasteiger charge is 2.21. The largest absolute Gasteiger partial charge is 0.338 e. The van der Waals surface area contributed by atoms with Crippen LogP contribution in [-0.4, -0.2) is 16.1 Å². The first-order valence-electron chi connectivity index (χ1n) is 8.57. The zero-order valence-corrected chi connectivity index (χ0v) is 14.5. The Morgan fingerprint density at radius 2 is 1.92 bits per heavy atom. The van der Waals surface area contributed by atoms with E-state index in [0.29, 0.717) is 5.39 Å². The van der Waals surface area contributed by atoms with E-state index < -0.39 is 0 Å². The highest BCUT2D eigenvalue weighted by atomic mass is 16.1. The van der Waals surface area contributed by atoms with Gasteiger partial charge in [0.05, 0.1) is 23.1 Å². The second-order valence-electron chi connectivity index (χ2n) is 6.13. The summed E-state index contributed by atoms with van der Waals surface area (Å²) in [5, 5.41) is 2.90. The third kappa shape index (κ3) is 2.97. The van der Waals surface area contributed by atoms with Crippen LogP contribution in [0.3, 0.4) is 0 Å². The van der Waals surface area contributed by atoms with Gasteiger partial charge in [-0.15, -0.1) is 0 Å². The fourth-order valence-corrected chi connectivity index (χ4v) is 3.15. The molecule has 0 unspecified atom stereocenters. The molecule has 3 rings (SSSR count). The van der Waals surface area contributed by atoms with Crippen LogP contribution in [0.4, 0.5) is 0 Å². The number of aryl methyl sites for hydroxylation is 1. The maximum absolute atomic E-state index is 13.2. The van der Waals surface area contributed by atoms with Crippen molar-refractivity contribution < 1.29 is 5.32 Å². The summed E-state index contributed by atoms with van der Waals surface area (Å²) >= 11 is 0. The van der Waals surface area contributed by atoms with E-state index in [1.807, 2.05) is 55.5 Å². The number of quaternary nitrogens is 1. The first-order chi connectivity index (χ1) is 11.7. The lowest BCUT2D eigenvalue weighted by molar-refractivity contribution is -0.694. The molecule has 0 radical (unpaired) electrons.